The average Bonchev–Trinajstić information content (AvgIpc) is 3.24. The Kier molecular flexibility index (Phi) is 7.84. The molecule has 5 rings (SSSR count). The Morgan fingerprint density at radius 2 is 1.36 bits per heavy atom. The number of amides is 2. The molecule has 1 saturated heterocycles. The Morgan fingerprint density at radius 1 is 0.769 bits per heavy atom. The minimum atomic E-state index is -0.659. The van der Waals surface area contributed by atoms with Gasteiger partial charge in [-0.1, -0.05) is 73.3 Å². The molecule has 0 saturated carbocycles. The van der Waals surface area contributed by atoms with Gasteiger partial charge in [-0.2, -0.15) is 0 Å². The van der Waals surface area contributed by atoms with Crippen molar-refractivity contribution in [2.24, 2.45) is 0 Å². The Labute approximate surface area is 228 Å². The SMILES string of the molecule is C=CCOc1ccc(CCN2C(=O)O/C(=C/c3ccc(N(c4ccccc4)c4ccccc4)cc3)C2=O)cc1. The van der Waals surface area contributed by atoms with Gasteiger partial charge in [0.2, 0.25) is 0 Å². The van der Waals surface area contributed by atoms with Crippen LogP contribution in [0.3, 0.4) is 0 Å². The van der Waals surface area contributed by atoms with Crippen LogP contribution in [0.5, 0.6) is 5.75 Å². The maximum atomic E-state index is 12.9. The van der Waals surface area contributed by atoms with Gasteiger partial charge in [0.15, 0.2) is 5.76 Å². The number of para-hydroxylation sites is 2. The van der Waals surface area contributed by atoms with Gasteiger partial charge in [-0.15, -0.1) is 0 Å². The Bertz CT molecular complexity index is 1420. The zero-order chi connectivity index (χ0) is 27.0. The van der Waals surface area contributed by atoms with E-state index in [1.54, 1.807) is 12.2 Å². The van der Waals surface area contributed by atoms with Gasteiger partial charge >= 0.3 is 6.09 Å². The highest BCUT2D eigenvalue weighted by Crippen LogP contribution is 2.34. The molecule has 194 valence electrons. The first-order valence-corrected chi connectivity index (χ1v) is 12.7. The third-order valence-corrected chi connectivity index (χ3v) is 6.27. The van der Waals surface area contributed by atoms with Crippen molar-refractivity contribution in [3.05, 3.63) is 139 Å². The van der Waals surface area contributed by atoms with Gasteiger partial charge < -0.3 is 14.4 Å². The molecule has 1 fully saturated rings. The van der Waals surface area contributed by atoms with Crippen molar-refractivity contribution in [2.75, 3.05) is 18.1 Å². The van der Waals surface area contributed by atoms with Crippen LogP contribution >= 0.6 is 0 Å². The van der Waals surface area contributed by atoms with Crippen LogP contribution in [-0.4, -0.2) is 30.1 Å². The number of rotatable bonds is 10. The van der Waals surface area contributed by atoms with Crippen molar-refractivity contribution in [1.29, 1.82) is 0 Å². The number of hydrogen-bond donors (Lipinski definition) is 0. The van der Waals surface area contributed by atoms with Crippen LogP contribution in [0.4, 0.5) is 21.9 Å². The van der Waals surface area contributed by atoms with E-state index in [0.29, 0.717) is 13.0 Å². The maximum Gasteiger partial charge on any atom is 0.422 e. The maximum absolute atomic E-state index is 12.9. The predicted molar refractivity (Wildman–Crippen MR) is 153 cm³/mol. The monoisotopic (exact) mass is 516 g/mol. The lowest BCUT2D eigenvalue weighted by atomic mass is 10.1. The molecule has 1 heterocycles. The first-order chi connectivity index (χ1) is 19.1. The van der Waals surface area contributed by atoms with E-state index >= 15 is 0 Å². The van der Waals surface area contributed by atoms with E-state index in [1.807, 2.05) is 84.9 Å². The first kappa shape index (κ1) is 25.5. The third-order valence-electron chi connectivity index (χ3n) is 6.27. The normalized spacial score (nSPS) is 13.8. The number of anilines is 3. The van der Waals surface area contributed by atoms with Gasteiger partial charge in [-0.3, -0.25) is 4.79 Å². The van der Waals surface area contributed by atoms with Gasteiger partial charge in [-0.25, -0.2) is 9.69 Å². The molecule has 0 unspecified atom stereocenters. The predicted octanol–water partition coefficient (Wildman–Crippen LogP) is 7.28. The minimum Gasteiger partial charge on any atom is -0.490 e. The highest BCUT2D eigenvalue weighted by Gasteiger charge is 2.36. The lowest BCUT2D eigenvalue weighted by Gasteiger charge is -2.25. The molecule has 4 aromatic carbocycles. The van der Waals surface area contributed by atoms with Crippen LogP contribution in [0.1, 0.15) is 11.1 Å². The lowest BCUT2D eigenvalue weighted by molar-refractivity contribution is -0.123. The summed E-state index contributed by atoms with van der Waals surface area (Å²) >= 11 is 0. The molecule has 0 atom stereocenters. The number of ether oxygens (including phenoxy) is 2. The molecule has 0 radical (unpaired) electrons. The third kappa shape index (κ3) is 6.08. The molecule has 4 aromatic rings. The van der Waals surface area contributed by atoms with E-state index in [-0.39, 0.29) is 12.3 Å². The number of imide groups is 1. The number of hydrogen-bond acceptors (Lipinski definition) is 5. The van der Waals surface area contributed by atoms with Gasteiger partial charge in [0.25, 0.3) is 5.91 Å². The molecule has 0 spiro atoms. The van der Waals surface area contributed by atoms with Gasteiger partial charge in [0, 0.05) is 23.6 Å². The van der Waals surface area contributed by atoms with Crippen LogP contribution in [-0.2, 0) is 16.0 Å². The molecule has 0 aliphatic carbocycles. The second-order valence-corrected chi connectivity index (χ2v) is 8.93. The largest absolute Gasteiger partial charge is 0.490 e. The van der Waals surface area contributed by atoms with Crippen molar-refractivity contribution in [2.45, 2.75) is 6.42 Å². The quantitative estimate of drug-likeness (QED) is 0.164. The second-order valence-electron chi connectivity index (χ2n) is 8.93. The lowest BCUT2D eigenvalue weighted by Crippen LogP contribution is -2.30. The number of carbonyl (C=O) groups is 2. The number of benzene rings is 4. The summed E-state index contributed by atoms with van der Waals surface area (Å²) in [5, 5.41) is 0. The first-order valence-electron chi connectivity index (χ1n) is 12.7. The summed E-state index contributed by atoms with van der Waals surface area (Å²) in [6, 6.07) is 35.5. The summed E-state index contributed by atoms with van der Waals surface area (Å²) in [6.45, 7) is 4.29. The van der Waals surface area contributed by atoms with E-state index in [2.05, 4.69) is 35.7 Å². The molecule has 39 heavy (non-hydrogen) atoms. The second kappa shape index (κ2) is 12.0. The smallest absolute Gasteiger partial charge is 0.422 e. The van der Waals surface area contributed by atoms with Crippen molar-refractivity contribution < 1.29 is 19.1 Å². The Balaban J connectivity index is 1.28. The molecule has 6 heteroatoms. The van der Waals surface area contributed by atoms with Crippen LogP contribution in [0.2, 0.25) is 0 Å². The fraction of sp³-hybridized carbons (Fsp3) is 0.0909. The van der Waals surface area contributed by atoms with E-state index in [1.165, 1.54) is 0 Å². The number of nitrogens with zero attached hydrogens (tertiary/aromatic N) is 2. The van der Waals surface area contributed by atoms with Crippen LogP contribution < -0.4 is 9.64 Å². The van der Waals surface area contributed by atoms with Gasteiger partial charge in [0.1, 0.15) is 12.4 Å². The van der Waals surface area contributed by atoms with Crippen LogP contribution in [0.15, 0.2) is 128 Å². The van der Waals surface area contributed by atoms with E-state index in [9.17, 15) is 9.59 Å². The molecule has 0 aromatic heterocycles. The summed E-state index contributed by atoms with van der Waals surface area (Å²) in [5.74, 6) is 0.316. The fourth-order valence-electron chi connectivity index (χ4n) is 4.31. The molecule has 1 aliphatic heterocycles. The Hall–Kier alpha value is -5.10. The van der Waals surface area contributed by atoms with E-state index in [0.717, 1.165) is 38.8 Å². The minimum absolute atomic E-state index is 0.0175. The standard InChI is InChI=1S/C33H28N2O4/c1-2-23-38-30-19-15-25(16-20-30)21-22-34-32(36)31(39-33(34)37)24-26-13-17-29(18-14-26)35(27-9-5-3-6-10-27)28-11-7-4-8-12-28/h2-20,24H,1,21-23H2/b31-24+. The summed E-state index contributed by atoms with van der Waals surface area (Å²) in [4.78, 5) is 28.7. The van der Waals surface area contributed by atoms with E-state index in [4.69, 9.17) is 9.47 Å². The molecule has 2 amide bonds. The molecule has 0 N–H and O–H groups in total. The Morgan fingerprint density at radius 3 is 1.95 bits per heavy atom. The number of carbonyl (C=O) groups excluding carboxylic acids is 2. The van der Waals surface area contributed by atoms with Gasteiger partial charge in [-0.05, 0) is 72.2 Å². The molecular weight excluding hydrogens is 488 g/mol. The van der Waals surface area contributed by atoms with Crippen molar-refractivity contribution in [3.8, 4) is 5.75 Å². The molecule has 6 nitrogen and oxygen atoms in total. The summed E-state index contributed by atoms with van der Waals surface area (Å²) in [7, 11) is 0. The van der Waals surface area contributed by atoms with Crippen molar-refractivity contribution >= 4 is 35.1 Å². The number of cyclic esters (lactones) is 1. The topological polar surface area (TPSA) is 59.1 Å². The molecular formula is C33H28N2O4. The van der Waals surface area contributed by atoms with Gasteiger partial charge in [0.05, 0.1) is 0 Å². The van der Waals surface area contributed by atoms with Crippen LogP contribution in [0.25, 0.3) is 6.08 Å². The highest BCUT2D eigenvalue weighted by molar-refractivity contribution is 6.09. The van der Waals surface area contributed by atoms with E-state index < -0.39 is 12.0 Å². The fourth-order valence-corrected chi connectivity index (χ4v) is 4.31. The molecule has 1 aliphatic rings. The summed E-state index contributed by atoms with van der Waals surface area (Å²) in [6.07, 6.45) is 3.14. The highest BCUT2D eigenvalue weighted by atomic mass is 16.6. The van der Waals surface area contributed by atoms with Crippen LogP contribution in [0, 0.1) is 0 Å². The molecule has 0 bridgehead atoms. The summed E-state index contributed by atoms with van der Waals surface area (Å²) in [5.41, 5.74) is 4.77. The van der Waals surface area contributed by atoms with Crippen molar-refractivity contribution in [1.82, 2.24) is 4.90 Å². The average molecular weight is 517 g/mol. The zero-order valence-corrected chi connectivity index (χ0v) is 21.4. The van der Waals surface area contributed by atoms with Crippen molar-refractivity contribution in [3.63, 3.8) is 0 Å². The zero-order valence-electron chi connectivity index (χ0n) is 21.4. The summed E-state index contributed by atoms with van der Waals surface area (Å²) < 4.78 is 10.8.